The van der Waals surface area contributed by atoms with E-state index in [0.717, 1.165) is 38.6 Å². The summed E-state index contributed by atoms with van der Waals surface area (Å²) in [5, 5.41) is 15.2. The first-order valence-corrected chi connectivity index (χ1v) is 10.8. The maximum Gasteiger partial charge on any atom is 0.240 e. The molecule has 144 valence electrons. The summed E-state index contributed by atoms with van der Waals surface area (Å²) in [6, 6.07) is 3.26. The number of carbonyl (C=O) groups excluding carboxylic acids is 1. The van der Waals surface area contributed by atoms with Gasteiger partial charge < -0.3 is 15.7 Å². The van der Waals surface area contributed by atoms with Crippen molar-refractivity contribution >= 4 is 21.6 Å². The van der Waals surface area contributed by atoms with Gasteiger partial charge in [-0.15, -0.1) is 0 Å². The molecule has 8 nitrogen and oxygen atoms in total. The quantitative estimate of drug-likeness (QED) is 0.635. The molecule has 0 bridgehead atoms. The maximum absolute atomic E-state index is 12.7. The largest absolute Gasteiger partial charge is 0.395 e. The summed E-state index contributed by atoms with van der Waals surface area (Å²) in [5.41, 5.74) is -0.530. The SMILES string of the molecule is CS(=O)(=O)c1ccc(N[C@@H]2CN3CCCC[C@@]3(C(=O)NCCO)C2)nc1. The van der Waals surface area contributed by atoms with E-state index < -0.39 is 15.4 Å². The van der Waals surface area contributed by atoms with Crippen LogP contribution in [0.1, 0.15) is 25.7 Å². The van der Waals surface area contributed by atoms with Gasteiger partial charge in [0, 0.05) is 31.6 Å². The molecule has 2 atom stereocenters. The van der Waals surface area contributed by atoms with Crippen LogP contribution in [-0.2, 0) is 14.6 Å². The number of pyridine rings is 1. The van der Waals surface area contributed by atoms with E-state index in [-0.39, 0.29) is 30.0 Å². The molecular weight excluding hydrogens is 356 g/mol. The molecule has 9 heteroatoms. The third-order valence-electron chi connectivity index (χ3n) is 5.24. The van der Waals surface area contributed by atoms with Gasteiger partial charge in [0.15, 0.2) is 9.84 Å². The number of anilines is 1. The monoisotopic (exact) mass is 382 g/mol. The number of nitrogens with one attached hydrogen (secondary N) is 2. The van der Waals surface area contributed by atoms with E-state index in [1.54, 1.807) is 6.07 Å². The fraction of sp³-hybridized carbons (Fsp3) is 0.647. The summed E-state index contributed by atoms with van der Waals surface area (Å²) in [7, 11) is -3.27. The molecule has 2 saturated heterocycles. The number of nitrogens with zero attached hydrogens (tertiary/aromatic N) is 2. The lowest BCUT2D eigenvalue weighted by atomic mass is 9.84. The van der Waals surface area contributed by atoms with Crippen molar-refractivity contribution in [3.63, 3.8) is 0 Å². The van der Waals surface area contributed by atoms with Crippen LogP contribution in [0.3, 0.4) is 0 Å². The second-order valence-corrected chi connectivity index (χ2v) is 9.13. The number of hydrogen-bond donors (Lipinski definition) is 3. The van der Waals surface area contributed by atoms with Crippen molar-refractivity contribution < 1.29 is 18.3 Å². The van der Waals surface area contributed by atoms with Crippen molar-refractivity contribution in [2.45, 2.75) is 42.2 Å². The average molecular weight is 382 g/mol. The van der Waals surface area contributed by atoms with Gasteiger partial charge in [0.1, 0.15) is 11.4 Å². The molecule has 3 heterocycles. The second kappa shape index (κ2) is 7.50. The Labute approximate surface area is 153 Å². The minimum atomic E-state index is -3.27. The van der Waals surface area contributed by atoms with Gasteiger partial charge in [-0.3, -0.25) is 9.69 Å². The Morgan fingerprint density at radius 1 is 1.42 bits per heavy atom. The van der Waals surface area contributed by atoms with Crippen LogP contribution < -0.4 is 10.6 Å². The molecule has 3 N–H and O–H groups in total. The van der Waals surface area contributed by atoms with E-state index in [0.29, 0.717) is 12.2 Å². The maximum atomic E-state index is 12.7. The third kappa shape index (κ3) is 3.84. The number of piperidine rings is 1. The van der Waals surface area contributed by atoms with Gasteiger partial charge in [-0.2, -0.15) is 0 Å². The number of fused-ring (bicyclic) bond motifs is 1. The van der Waals surface area contributed by atoms with Gasteiger partial charge in [-0.25, -0.2) is 13.4 Å². The second-order valence-electron chi connectivity index (χ2n) is 7.11. The van der Waals surface area contributed by atoms with Gasteiger partial charge >= 0.3 is 0 Å². The third-order valence-corrected chi connectivity index (χ3v) is 6.33. The van der Waals surface area contributed by atoms with E-state index in [4.69, 9.17) is 5.11 Å². The lowest BCUT2D eigenvalue weighted by Gasteiger charge is -2.40. The number of aromatic nitrogens is 1. The molecule has 26 heavy (non-hydrogen) atoms. The first-order valence-electron chi connectivity index (χ1n) is 8.92. The normalized spacial score (nSPS) is 26.3. The van der Waals surface area contributed by atoms with Crippen LogP contribution in [0.5, 0.6) is 0 Å². The summed E-state index contributed by atoms with van der Waals surface area (Å²) >= 11 is 0. The van der Waals surface area contributed by atoms with Crippen molar-refractivity contribution in [3.05, 3.63) is 18.3 Å². The Bertz CT molecular complexity index is 753. The Kier molecular flexibility index (Phi) is 5.50. The highest BCUT2D eigenvalue weighted by Gasteiger charge is 2.51. The zero-order valence-electron chi connectivity index (χ0n) is 14.9. The van der Waals surface area contributed by atoms with Gasteiger partial charge in [0.2, 0.25) is 5.91 Å². The molecule has 0 radical (unpaired) electrons. The predicted octanol–water partition coefficient (Wildman–Crippen LogP) is 0.00250. The Hall–Kier alpha value is -1.71. The standard InChI is InChI=1S/C17H26N4O4S/c1-26(24,25)14-4-5-15(19-11-14)20-13-10-17(16(23)18-7-9-22)6-2-3-8-21(17)12-13/h4-5,11,13,22H,2-3,6-10,12H2,1H3,(H,18,23)(H,19,20)/t13-,17-/m0/s1. The number of rotatable bonds is 6. The fourth-order valence-electron chi connectivity index (χ4n) is 4.00. The molecular formula is C17H26N4O4S. The summed E-state index contributed by atoms with van der Waals surface area (Å²) in [6.07, 6.45) is 6.06. The van der Waals surface area contributed by atoms with Crippen LogP contribution in [0.4, 0.5) is 5.82 Å². The first-order chi connectivity index (χ1) is 12.3. The van der Waals surface area contributed by atoms with Crippen LogP contribution in [0.25, 0.3) is 0 Å². The van der Waals surface area contributed by atoms with Crippen molar-refractivity contribution in [1.29, 1.82) is 0 Å². The molecule has 0 saturated carbocycles. The molecule has 2 aliphatic rings. The molecule has 1 aromatic rings. The van der Waals surface area contributed by atoms with Crippen LogP contribution in [0.15, 0.2) is 23.2 Å². The highest BCUT2D eigenvalue weighted by molar-refractivity contribution is 7.90. The van der Waals surface area contributed by atoms with Crippen LogP contribution in [0.2, 0.25) is 0 Å². The molecule has 1 aromatic heterocycles. The minimum absolute atomic E-state index is 0.0177. The summed E-state index contributed by atoms with van der Waals surface area (Å²) in [6.45, 7) is 1.81. The fourth-order valence-corrected chi connectivity index (χ4v) is 4.56. The lowest BCUT2D eigenvalue weighted by Crippen LogP contribution is -2.57. The summed E-state index contributed by atoms with van der Waals surface area (Å²) in [4.78, 5) is 19.4. The van der Waals surface area contributed by atoms with Gasteiger partial charge in [0.25, 0.3) is 0 Å². The van der Waals surface area contributed by atoms with Crippen molar-refractivity contribution in [1.82, 2.24) is 15.2 Å². The van der Waals surface area contributed by atoms with Gasteiger partial charge in [-0.1, -0.05) is 0 Å². The summed E-state index contributed by atoms with van der Waals surface area (Å²) in [5.74, 6) is 0.587. The lowest BCUT2D eigenvalue weighted by molar-refractivity contribution is -0.134. The molecule has 0 aromatic carbocycles. The minimum Gasteiger partial charge on any atom is -0.395 e. The smallest absolute Gasteiger partial charge is 0.240 e. The van der Waals surface area contributed by atoms with E-state index in [2.05, 4.69) is 20.5 Å². The number of amides is 1. The van der Waals surface area contributed by atoms with E-state index in [9.17, 15) is 13.2 Å². The van der Waals surface area contributed by atoms with Gasteiger partial charge in [0.05, 0.1) is 11.5 Å². The Balaban J connectivity index is 1.71. The first kappa shape index (κ1) is 19.1. The molecule has 0 aliphatic carbocycles. The van der Waals surface area contributed by atoms with Crippen LogP contribution >= 0.6 is 0 Å². The Morgan fingerprint density at radius 3 is 2.88 bits per heavy atom. The van der Waals surface area contributed by atoms with Crippen molar-refractivity contribution in [2.75, 3.05) is 37.8 Å². The van der Waals surface area contributed by atoms with E-state index in [1.165, 1.54) is 12.3 Å². The molecule has 3 rings (SSSR count). The molecule has 0 unspecified atom stereocenters. The molecule has 2 fully saturated rings. The molecule has 1 amide bonds. The number of aliphatic hydroxyl groups is 1. The summed E-state index contributed by atoms with van der Waals surface area (Å²) < 4.78 is 23.1. The Morgan fingerprint density at radius 2 is 2.23 bits per heavy atom. The van der Waals surface area contributed by atoms with Crippen LogP contribution in [-0.4, -0.2) is 73.4 Å². The van der Waals surface area contributed by atoms with Crippen molar-refractivity contribution in [3.8, 4) is 0 Å². The number of sulfone groups is 1. The topological polar surface area (TPSA) is 112 Å². The average Bonchev–Trinajstić information content (AvgIpc) is 2.98. The highest BCUT2D eigenvalue weighted by Crippen LogP contribution is 2.38. The highest BCUT2D eigenvalue weighted by atomic mass is 32.2. The number of aliphatic hydroxyl groups excluding tert-OH is 1. The van der Waals surface area contributed by atoms with Crippen molar-refractivity contribution in [2.24, 2.45) is 0 Å². The predicted molar refractivity (Wildman–Crippen MR) is 97.6 cm³/mol. The van der Waals surface area contributed by atoms with E-state index in [1.807, 2.05) is 0 Å². The van der Waals surface area contributed by atoms with Crippen LogP contribution in [0, 0.1) is 0 Å². The molecule has 0 spiro atoms. The van der Waals surface area contributed by atoms with E-state index >= 15 is 0 Å². The number of hydrogen-bond acceptors (Lipinski definition) is 7. The zero-order chi connectivity index (χ0) is 18.8. The molecule has 2 aliphatic heterocycles. The number of carbonyl (C=O) groups is 1. The zero-order valence-corrected chi connectivity index (χ0v) is 15.8. The van der Waals surface area contributed by atoms with Gasteiger partial charge in [-0.05, 0) is 44.4 Å².